The highest BCUT2D eigenvalue weighted by molar-refractivity contribution is 5.80. The SMILES string of the molecule is Cn1c(=O)c2ccccc2n2c(CNC(C)(C)C)nnc12. The van der Waals surface area contributed by atoms with Crippen LogP contribution in [-0.2, 0) is 13.6 Å². The van der Waals surface area contributed by atoms with Crippen molar-refractivity contribution in [2.45, 2.75) is 32.9 Å². The van der Waals surface area contributed by atoms with Crippen molar-refractivity contribution in [3.8, 4) is 0 Å². The van der Waals surface area contributed by atoms with Gasteiger partial charge in [0.15, 0.2) is 5.82 Å². The quantitative estimate of drug-likeness (QED) is 0.774. The molecule has 6 nitrogen and oxygen atoms in total. The summed E-state index contributed by atoms with van der Waals surface area (Å²) >= 11 is 0. The zero-order chi connectivity index (χ0) is 15.2. The summed E-state index contributed by atoms with van der Waals surface area (Å²) in [6.07, 6.45) is 0. The summed E-state index contributed by atoms with van der Waals surface area (Å²) in [7, 11) is 1.72. The Morgan fingerprint density at radius 2 is 1.90 bits per heavy atom. The molecule has 0 saturated heterocycles. The van der Waals surface area contributed by atoms with E-state index in [0.29, 0.717) is 17.7 Å². The van der Waals surface area contributed by atoms with E-state index in [1.54, 1.807) is 7.05 Å². The Labute approximate surface area is 122 Å². The average molecular weight is 285 g/mol. The van der Waals surface area contributed by atoms with Crippen LogP contribution in [0.4, 0.5) is 0 Å². The summed E-state index contributed by atoms with van der Waals surface area (Å²) in [4.78, 5) is 12.3. The maximum Gasteiger partial charge on any atom is 0.262 e. The second-order valence-electron chi connectivity index (χ2n) is 6.24. The number of nitrogens with zero attached hydrogens (tertiary/aromatic N) is 4. The van der Waals surface area contributed by atoms with Crippen LogP contribution < -0.4 is 10.9 Å². The number of hydrogen-bond donors (Lipinski definition) is 1. The molecule has 0 aliphatic heterocycles. The molecule has 0 spiro atoms. The van der Waals surface area contributed by atoms with Crippen molar-refractivity contribution in [1.29, 1.82) is 0 Å². The number of aryl methyl sites for hydroxylation is 1. The van der Waals surface area contributed by atoms with Crippen molar-refractivity contribution < 1.29 is 0 Å². The fourth-order valence-corrected chi connectivity index (χ4v) is 2.35. The van der Waals surface area contributed by atoms with Gasteiger partial charge in [-0.25, -0.2) is 0 Å². The topological polar surface area (TPSA) is 64.2 Å². The third-order valence-electron chi connectivity index (χ3n) is 3.47. The largest absolute Gasteiger partial charge is 0.305 e. The Balaban J connectivity index is 2.27. The minimum absolute atomic E-state index is 0.0116. The molecule has 3 rings (SSSR count). The zero-order valence-corrected chi connectivity index (χ0v) is 12.7. The van der Waals surface area contributed by atoms with Gasteiger partial charge in [-0.3, -0.25) is 13.8 Å². The first kappa shape index (κ1) is 13.8. The number of fused-ring (bicyclic) bond motifs is 3. The molecule has 3 aromatic rings. The number of para-hydroxylation sites is 1. The highest BCUT2D eigenvalue weighted by atomic mass is 16.1. The van der Waals surface area contributed by atoms with Crippen molar-refractivity contribution >= 4 is 16.7 Å². The fourth-order valence-electron chi connectivity index (χ4n) is 2.35. The Bertz CT molecular complexity index is 869. The van der Waals surface area contributed by atoms with Gasteiger partial charge in [-0.05, 0) is 32.9 Å². The monoisotopic (exact) mass is 285 g/mol. The van der Waals surface area contributed by atoms with Crippen LogP contribution in [0.2, 0.25) is 0 Å². The number of nitrogens with one attached hydrogen (secondary N) is 1. The third kappa shape index (κ3) is 2.31. The molecule has 0 saturated carbocycles. The van der Waals surface area contributed by atoms with Gasteiger partial charge in [0.05, 0.1) is 17.4 Å². The van der Waals surface area contributed by atoms with Gasteiger partial charge in [0, 0.05) is 12.6 Å². The average Bonchev–Trinajstić information content (AvgIpc) is 2.86. The van der Waals surface area contributed by atoms with Crippen LogP contribution >= 0.6 is 0 Å². The van der Waals surface area contributed by atoms with Gasteiger partial charge >= 0.3 is 0 Å². The summed E-state index contributed by atoms with van der Waals surface area (Å²) in [6.45, 7) is 6.89. The Kier molecular flexibility index (Phi) is 3.06. The van der Waals surface area contributed by atoms with E-state index in [-0.39, 0.29) is 11.1 Å². The standard InChI is InChI=1S/C15H19N5O/c1-15(2,3)16-9-12-17-18-14-19(4)13(21)10-7-5-6-8-11(10)20(12)14/h5-8,16H,9H2,1-4H3. The second kappa shape index (κ2) is 4.66. The molecule has 1 N–H and O–H groups in total. The molecule has 0 bridgehead atoms. The molecule has 0 aliphatic rings. The molecule has 1 aromatic carbocycles. The van der Waals surface area contributed by atoms with E-state index in [1.165, 1.54) is 4.57 Å². The van der Waals surface area contributed by atoms with E-state index >= 15 is 0 Å². The lowest BCUT2D eigenvalue weighted by atomic mass is 10.1. The van der Waals surface area contributed by atoms with Crippen molar-refractivity contribution in [3.05, 3.63) is 40.4 Å². The maximum absolute atomic E-state index is 12.3. The van der Waals surface area contributed by atoms with Crippen LogP contribution in [-0.4, -0.2) is 24.7 Å². The number of benzene rings is 1. The van der Waals surface area contributed by atoms with Crippen LogP contribution in [0.25, 0.3) is 16.7 Å². The number of aromatic nitrogens is 4. The first-order valence-electron chi connectivity index (χ1n) is 6.95. The molecule has 110 valence electrons. The third-order valence-corrected chi connectivity index (χ3v) is 3.47. The molecular formula is C15H19N5O. The molecule has 0 unspecified atom stereocenters. The molecule has 0 aliphatic carbocycles. The van der Waals surface area contributed by atoms with Crippen molar-refractivity contribution in [2.24, 2.45) is 7.05 Å². The van der Waals surface area contributed by atoms with E-state index in [9.17, 15) is 4.79 Å². The lowest BCUT2D eigenvalue weighted by molar-refractivity contribution is 0.417. The van der Waals surface area contributed by atoms with Crippen LogP contribution in [0.1, 0.15) is 26.6 Å². The predicted octanol–water partition coefficient (Wildman–Crippen LogP) is 1.47. The Hall–Kier alpha value is -2.21. The van der Waals surface area contributed by atoms with Crippen molar-refractivity contribution in [3.63, 3.8) is 0 Å². The number of hydrogen-bond acceptors (Lipinski definition) is 4. The highest BCUT2D eigenvalue weighted by Crippen LogP contribution is 2.14. The summed E-state index contributed by atoms with van der Waals surface area (Å²) in [5.74, 6) is 1.36. The molecule has 2 heterocycles. The zero-order valence-electron chi connectivity index (χ0n) is 12.7. The summed E-state index contributed by atoms with van der Waals surface area (Å²) in [6, 6.07) is 7.54. The Morgan fingerprint density at radius 1 is 1.19 bits per heavy atom. The molecule has 6 heteroatoms. The van der Waals surface area contributed by atoms with Crippen LogP contribution in [0, 0.1) is 0 Å². The number of rotatable bonds is 2. The van der Waals surface area contributed by atoms with Crippen LogP contribution in [0.5, 0.6) is 0 Å². The first-order chi connectivity index (χ1) is 9.88. The molecule has 0 fully saturated rings. The first-order valence-corrected chi connectivity index (χ1v) is 6.95. The van der Waals surface area contributed by atoms with E-state index in [4.69, 9.17) is 0 Å². The van der Waals surface area contributed by atoms with E-state index in [0.717, 1.165) is 11.3 Å². The van der Waals surface area contributed by atoms with Gasteiger partial charge in [-0.1, -0.05) is 12.1 Å². The normalized spacial score (nSPS) is 12.4. The summed E-state index contributed by atoms with van der Waals surface area (Å²) in [5.41, 5.74) is 0.773. The van der Waals surface area contributed by atoms with Gasteiger partial charge in [0.2, 0.25) is 5.78 Å². The maximum atomic E-state index is 12.3. The summed E-state index contributed by atoms with van der Waals surface area (Å²) < 4.78 is 3.48. The van der Waals surface area contributed by atoms with Crippen LogP contribution in [0.3, 0.4) is 0 Å². The second-order valence-corrected chi connectivity index (χ2v) is 6.24. The molecule has 0 radical (unpaired) electrons. The molecule has 21 heavy (non-hydrogen) atoms. The molecular weight excluding hydrogens is 266 g/mol. The highest BCUT2D eigenvalue weighted by Gasteiger charge is 2.16. The van der Waals surface area contributed by atoms with Gasteiger partial charge in [-0.15, -0.1) is 10.2 Å². The molecule has 2 aromatic heterocycles. The van der Waals surface area contributed by atoms with Gasteiger partial charge in [0.1, 0.15) is 0 Å². The summed E-state index contributed by atoms with van der Waals surface area (Å²) in [5, 5.41) is 12.5. The van der Waals surface area contributed by atoms with Crippen molar-refractivity contribution in [2.75, 3.05) is 0 Å². The minimum atomic E-state index is -0.0548. The van der Waals surface area contributed by atoms with Gasteiger partial charge in [0.25, 0.3) is 5.56 Å². The minimum Gasteiger partial charge on any atom is -0.305 e. The van der Waals surface area contributed by atoms with E-state index in [1.807, 2.05) is 28.7 Å². The predicted molar refractivity (Wildman–Crippen MR) is 82.3 cm³/mol. The van der Waals surface area contributed by atoms with E-state index in [2.05, 4.69) is 36.3 Å². The molecule has 0 amide bonds. The lowest BCUT2D eigenvalue weighted by Crippen LogP contribution is -2.35. The molecule has 0 atom stereocenters. The fraction of sp³-hybridized carbons (Fsp3) is 0.400. The van der Waals surface area contributed by atoms with Gasteiger partial charge in [-0.2, -0.15) is 0 Å². The van der Waals surface area contributed by atoms with Gasteiger partial charge < -0.3 is 5.32 Å². The van der Waals surface area contributed by atoms with E-state index < -0.39 is 0 Å². The lowest BCUT2D eigenvalue weighted by Gasteiger charge is -2.19. The van der Waals surface area contributed by atoms with Crippen LogP contribution in [0.15, 0.2) is 29.1 Å². The van der Waals surface area contributed by atoms with Crippen molar-refractivity contribution in [1.82, 2.24) is 24.5 Å². The Morgan fingerprint density at radius 3 is 2.62 bits per heavy atom. The smallest absolute Gasteiger partial charge is 0.262 e.